The van der Waals surface area contributed by atoms with E-state index < -0.39 is 36.7 Å². The molecule has 0 aromatic heterocycles. The van der Waals surface area contributed by atoms with E-state index in [9.17, 15) is 35.8 Å². The Morgan fingerprint density at radius 3 is 1.36 bits per heavy atom. The van der Waals surface area contributed by atoms with Crippen LogP contribution in [0.4, 0.5) is 26.3 Å². The predicted octanol–water partition coefficient (Wildman–Crippen LogP) is 9.11. The third-order valence-electron chi connectivity index (χ3n) is 8.55. The van der Waals surface area contributed by atoms with Gasteiger partial charge in [-0.1, -0.05) is 48.5 Å². The fraction of sp³-hybridized carbons (Fsp3) is 0.226. The van der Waals surface area contributed by atoms with E-state index in [1.807, 2.05) is 12.1 Å². The fourth-order valence-electron chi connectivity index (χ4n) is 6.73. The van der Waals surface area contributed by atoms with Gasteiger partial charge in [-0.05, 0) is 72.2 Å². The van der Waals surface area contributed by atoms with Gasteiger partial charge in [-0.3, -0.25) is 4.89 Å². The van der Waals surface area contributed by atoms with Crippen molar-refractivity contribution >= 4 is 7.82 Å². The molecule has 0 unspecified atom stereocenters. The van der Waals surface area contributed by atoms with Crippen LogP contribution in [0.3, 0.4) is 0 Å². The minimum Gasteiger partial charge on any atom is -0.394 e. The molecule has 0 amide bonds. The minimum atomic E-state index is -4.89. The molecule has 216 valence electrons. The van der Waals surface area contributed by atoms with Crippen molar-refractivity contribution in [1.82, 2.24) is 0 Å². The minimum absolute atomic E-state index is 0.0917. The molecule has 1 heterocycles. The molecule has 42 heavy (non-hydrogen) atoms. The Bertz CT molecular complexity index is 1660. The van der Waals surface area contributed by atoms with Crippen molar-refractivity contribution in [3.63, 3.8) is 0 Å². The average Bonchev–Trinajstić information content (AvgIpc) is 3.49. The van der Waals surface area contributed by atoms with Crippen LogP contribution in [0.25, 0.3) is 22.3 Å². The monoisotopic (exact) mass is 602 g/mol. The van der Waals surface area contributed by atoms with Gasteiger partial charge in [0.15, 0.2) is 0 Å². The van der Waals surface area contributed by atoms with Gasteiger partial charge in [0.05, 0.1) is 11.1 Å². The van der Waals surface area contributed by atoms with Crippen LogP contribution in [-0.4, -0.2) is 4.89 Å². The first-order valence-electron chi connectivity index (χ1n) is 13.2. The maximum atomic E-state index is 13.6. The number of halogens is 6. The molecule has 0 saturated heterocycles. The van der Waals surface area contributed by atoms with Crippen LogP contribution < -0.4 is 9.05 Å². The molecule has 2 aliphatic carbocycles. The summed E-state index contributed by atoms with van der Waals surface area (Å²) in [4.78, 5) is 11.0. The zero-order valence-electron chi connectivity index (χ0n) is 21.6. The molecule has 1 N–H and O–H groups in total. The maximum absolute atomic E-state index is 13.6. The molecule has 3 aliphatic rings. The van der Waals surface area contributed by atoms with Crippen molar-refractivity contribution in [2.45, 2.75) is 43.5 Å². The zero-order valence-corrected chi connectivity index (χ0v) is 22.5. The van der Waals surface area contributed by atoms with Crippen molar-refractivity contribution in [2.24, 2.45) is 0 Å². The van der Waals surface area contributed by atoms with Gasteiger partial charge in [0.2, 0.25) is 0 Å². The molecule has 0 fully saturated rings. The number of alkyl halides is 6. The smallest absolute Gasteiger partial charge is 0.394 e. The molecule has 1 spiro atoms. The lowest BCUT2D eigenvalue weighted by Crippen LogP contribution is -2.25. The maximum Gasteiger partial charge on any atom is 0.584 e. The standard InChI is InChI=1S/C31H21F6O4P/c32-30(33,34)21-7-1-17(2-8-21)23-11-5-19-13-15-29-16-14-20-6-12-24(18-3-9-22(10-4-18)31(35,36)37)28(26(20)29)41-42(38,39)40-27(23)25(19)29/h1-12H,13-16H2,(H,38,39). The molecular formula is C31H21F6O4P. The van der Waals surface area contributed by atoms with Crippen LogP contribution in [-0.2, 0) is 35.2 Å². The lowest BCUT2D eigenvalue weighted by Gasteiger charge is -2.34. The third kappa shape index (κ3) is 4.14. The van der Waals surface area contributed by atoms with Gasteiger partial charge in [-0.15, -0.1) is 0 Å². The van der Waals surface area contributed by atoms with Crippen LogP contribution >= 0.6 is 7.82 Å². The van der Waals surface area contributed by atoms with E-state index in [1.54, 1.807) is 12.1 Å². The topological polar surface area (TPSA) is 55.8 Å². The first-order valence-corrected chi connectivity index (χ1v) is 14.7. The Hall–Kier alpha value is -3.75. The highest BCUT2D eigenvalue weighted by Crippen LogP contribution is 2.65. The molecular weight excluding hydrogens is 581 g/mol. The predicted molar refractivity (Wildman–Crippen MR) is 142 cm³/mol. The van der Waals surface area contributed by atoms with Crippen molar-refractivity contribution < 1.29 is 44.8 Å². The Labute approximate surface area is 236 Å². The second-order valence-electron chi connectivity index (χ2n) is 10.8. The summed E-state index contributed by atoms with van der Waals surface area (Å²) in [5.41, 5.74) is 2.31. The van der Waals surface area contributed by atoms with Gasteiger partial charge in [-0.2, -0.15) is 26.3 Å². The van der Waals surface area contributed by atoms with E-state index in [2.05, 4.69) is 0 Å². The quantitative estimate of drug-likeness (QED) is 0.184. The molecule has 0 bridgehead atoms. The van der Waals surface area contributed by atoms with Crippen LogP contribution in [0.1, 0.15) is 46.2 Å². The Balaban J connectivity index is 1.44. The van der Waals surface area contributed by atoms with E-state index in [1.165, 1.54) is 24.3 Å². The number of phosphoric acid groups is 1. The number of aryl methyl sites for hydroxylation is 2. The Morgan fingerprint density at radius 1 is 0.619 bits per heavy atom. The molecule has 0 radical (unpaired) electrons. The third-order valence-corrected chi connectivity index (χ3v) is 9.37. The highest BCUT2D eigenvalue weighted by Gasteiger charge is 2.52. The van der Waals surface area contributed by atoms with Crippen molar-refractivity contribution in [2.75, 3.05) is 0 Å². The van der Waals surface area contributed by atoms with E-state index in [0.717, 1.165) is 35.4 Å². The molecule has 1 aliphatic heterocycles. The lowest BCUT2D eigenvalue weighted by atomic mass is 9.74. The van der Waals surface area contributed by atoms with Gasteiger partial charge >= 0.3 is 20.2 Å². The fourth-order valence-corrected chi connectivity index (χ4v) is 7.61. The molecule has 4 nitrogen and oxygen atoms in total. The number of hydrogen-bond donors (Lipinski definition) is 1. The summed E-state index contributed by atoms with van der Waals surface area (Å²) in [6, 6.07) is 16.1. The van der Waals surface area contributed by atoms with Crippen LogP contribution in [0.15, 0.2) is 72.8 Å². The van der Waals surface area contributed by atoms with Gasteiger partial charge in [-0.25, -0.2) is 4.57 Å². The van der Waals surface area contributed by atoms with Crippen LogP contribution in [0.2, 0.25) is 0 Å². The highest BCUT2D eigenvalue weighted by atomic mass is 31.2. The van der Waals surface area contributed by atoms with E-state index in [-0.39, 0.29) is 11.5 Å². The molecule has 7 rings (SSSR count). The second kappa shape index (κ2) is 8.88. The number of benzene rings is 4. The Kier molecular flexibility index (Phi) is 5.73. The highest BCUT2D eigenvalue weighted by molar-refractivity contribution is 7.48. The second-order valence-corrected chi connectivity index (χ2v) is 12.1. The number of phosphoric ester groups is 1. The van der Waals surface area contributed by atoms with Crippen LogP contribution in [0, 0.1) is 0 Å². The molecule has 4 aromatic rings. The van der Waals surface area contributed by atoms with Crippen molar-refractivity contribution in [3.8, 4) is 33.8 Å². The molecule has 0 saturated carbocycles. The van der Waals surface area contributed by atoms with E-state index in [0.29, 0.717) is 59.1 Å². The number of hydrogen-bond acceptors (Lipinski definition) is 3. The van der Waals surface area contributed by atoms with E-state index >= 15 is 0 Å². The van der Waals surface area contributed by atoms with E-state index in [4.69, 9.17) is 9.05 Å². The largest absolute Gasteiger partial charge is 0.584 e. The summed E-state index contributed by atoms with van der Waals surface area (Å²) < 4.78 is 104. The van der Waals surface area contributed by atoms with Crippen molar-refractivity contribution in [3.05, 3.63) is 106 Å². The number of rotatable bonds is 2. The summed E-state index contributed by atoms with van der Waals surface area (Å²) in [6.45, 7) is 0. The first-order chi connectivity index (χ1) is 19.8. The summed E-state index contributed by atoms with van der Waals surface area (Å²) in [5, 5.41) is 0. The van der Waals surface area contributed by atoms with Crippen LogP contribution in [0.5, 0.6) is 11.5 Å². The van der Waals surface area contributed by atoms with Gasteiger partial charge in [0.25, 0.3) is 0 Å². The molecule has 11 heteroatoms. The first kappa shape index (κ1) is 27.1. The summed E-state index contributed by atoms with van der Waals surface area (Å²) >= 11 is 0. The molecule has 4 aromatic carbocycles. The van der Waals surface area contributed by atoms with Gasteiger partial charge in [0.1, 0.15) is 11.5 Å². The zero-order chi connectivity index (χ0) is 29.7. The SMILES string of the molecule is O=P1(O)Oc2c(-c3ccc(C(F)(F)F)cc3)ccc3c2C2(CC3)CCc3ccc(-c4ccc(C(F)(F)F)cc4)c(c32)O1. The Morgan fingerprint density at radius 2 is 1.00 bits per heavy atom. The van der Waals surface area contributed by atoms with Crippen molar-refractivity contribution in [1.29, 1.82) is 0 Å². The summed E-state index contributed by atoms with van der Waals surface area (Å²) in [5.74, 6) is 0.183. The normalized spacial score (nSPS) is 17.9. The van der Waals surface area contributed by atoms with Gasteiger partial charge < -0.3 is 9.05 Å². The lowest BCUT2D eigenvalue weighted by molar-refractivity contribution is -0.138. The molecule has 0 atom stereocenters. The average molecular weight is 602 g/mol. The van der Waals surface area contributed by atoms with Gasteiger partial charge in [0, 0.05) is 27.7 Å². The summed E-state index contributed by atoms with van der Waals surface area (Å²) in [7, 11) is -4.89. The summed E-state index contributed by atoms with van der Waals surface area (Å²) in [6.07, 6.45) is -6.54.